The molecule has 8 heteroatoms. The Bertz CT molecular complexity index is 778. The number of esters is 1. The van der Waals surface area contributed by atoms with Crippen LogP contribution in [0.15, 0.2) is 12.4 Å². The van der Waals surface area contributed by atoms with Gasteiger partial charge in [0.1, 0.15) is 16.9 Å². The van der Waals surface area contributed by atoms with Crippen LogP contribution in [-0.2, 0) is 17.7 Å². The number of nitrogens with zero attached hydrogens (tertiary/aromatic N) is 4. The third kappa shape index (κ3) is 2.83. The quantitative estimate of drug-likeness (QED) is 0.855. The molecule has 0 saturated heterocycles. The minimum Gasteiger partial charge on any atom is -0.462 e. The Morgan fingerprint density at radius 1 is 1.52 bits per heavy atom. The number of carbonyl (C=O) groups excluding carboxylic acids is 1. The first-order valence-electron chi connectivity index (χ1n) is 7.18. The maximum absolute atomic E-state index is 12.1. The molecular formula is C15H15N5O2S. The highest BCUT2D eigenvalue weighted by Gasteiger charge is 2.28. The number of rotatable bonds is 3. The molecular weight excluding hydrogens is 314 g/mol. The summed E-state index contributed by atoms with van der Waals surface area (Å²) in [5, 5.41) is 9.28. The van der Waals surface area contributed by atoms with Crippen molar-refractivity contribution in [2.75, 3.05) is 23.8 Å². The number of hydrogen-bond donors (Lipinski definition) is 1. The molecule has 0 aromatic carbocycles. The smallest absolute Gasteiger partial charge is 0.341 e. The number of nitrogens with two attached hydrogens (primary N) is 1. The summed E-state index contributed by atoms with van der Waals surface area (Å²) in [5.41, 5.74) is 7.79. The zero-order valence-electron chi connectivity index (χ0n) is 12.6. The van der Waals surface area contributed by atoms with E-state index in [0.29, 0.717) is 42.5 Å². The van der Waals surface area contributed by atoms with Gasteiger partial charge in [-0.05, 0) is 18.9 Å². The lowest BCUT2D eigenvalue weighted by atomic mass is 10.0. The third-order valence-electron chi connectivity index (χ3n) is 3.64. The highest BCUT2D eigenvalue weighted by molar-refractivity contribution is 7.16. The maximum Gasteiger partial charge on any atom is 0.341 e. The predicted molar refractivity (Wildman–Crippen MR) is 86.2 cm³/mol. The number of fused-ring (bicyclic) bond motifs is 1. The number of aromatic nitrogens is 2. The van der Waals surface area contributed by atoms with Gasteiger partial charge in [-0.25, -0.2) is 14.8 Å². The Balaban J connectivity index is 1.85. The minimum atomic E-state index is -0.353. The fourth-order valence-corrected chi connectivity index (χ4v) is 3.71. The molecule has 0 atom stereocenters. The number of thiophene rings is 1. The fraction of sp³-hybridized carbons (Fsp3) is 0.333. The largest absolute Gasteiger partial charge is 0.462 e. The molecule has 0 saturated carbocycles. The van der Waals surface area contributed by atoms with Gasteiger partial charge in [0.25, 0.3) is 0 Å². The summed E-state index contributed by atoms with van der Waals surface area (Å²) in [6.45, 7) is 3.43. The molecule has 1 aliphatic rings. The second kappa shape index (κ2) is 6.22. The van der Waals surface area contributed by atoms with Crippen molar-refractivity contribution in [2.24, 2.45) is 0 Å². The molecule has 0 bridgehead atoms. The van der Waals surface area contributed by atoms with Gasteiger partial charge >= 0.3 is 5.97 Å². The first kappa shape index (κ1) is 15.2. The molecule has 3 heterocycles. The lowest BCUT2D eigenvalue weighted by Crippen LogP contribution is -2.31. The summed E-state index contributed by atoms with van der Waals surface area (Å²) in [6, 6.07) is 1.95. The minimum absolute atomic E-state index is 0.288. The first-order chi connectivity index (χ1) is 11.1. The second-order valence-electron chi connectivity index (χ2n) is 5.01. The molecule has 118 valence electrons. The van der Waals surface area contributed by atoms with E-state index in [1.165, 1.54) is 17.5 Å². The standard InChI is InChI=1S/C15H15N5O2S/c1-2-22-15(21)13-10-3-4-20(8-11(10)23-14(13)17)12-7-18-9(5-16)6-19-12/h6-7H,2-4,8,17H2,1H3. The van der Waals surface area contributed by atoms with Gasteiger partial charge < -0.3 is 15.4 Å². The molecule has 0 unspecified atom stereocenters. The van der Waals surface area contributed by atoms with Crippen molar-refractivity contribution in [1.29, 1.82) is 5.26 Å². The average molecular weight is 329 g/mol. The summed E-state index contributed by atoms with van der Waals surface area (Å²) in [7, 11) is 0. The van der Waals surface area contributed by atoms with Gasteiger partial charge in [-0.3, -0.25) is 0 Å². The SMILES string of the molecule is CCOC(=O)c1c(N)sc2c1CCN(c1cnc(C#N)cn1)C2. The second-order valence-corrected chi connectivity index (χ2v) is 6.14. The Hall–Kier alpha value is -2.66. The number of nitriles is 1. The maximum atomic E-state index is 12.1. The Kier molecular flexibility index (Phi) is 4.12. The number of ether oxygens (including phenoxy) is 1. The zero-order valence-corrected chi connectivity index (χ0v) is 13.4. The molecule has 0 aliphatic carbocycles. The molecule has 0 fully saturated rings. The summed E-state index contributed by atoms with van der Waals surface area (Å²) in [5.74, 6) is 0.355. The molecule has 2 N–H and O–H groups in total. The lowest BCUT2D eigenvalue weighted by molar-refractivity contribution is 0.0526. The van der Waals surface area contributed by atoms with Crippen molar-refractivity contribution in [3.63, 3.8) is 0 Å². The third-order valence-corrected chi connectivity index (χ3v) is 4.69. The van der Waals surface area contributed by atoms with Gasteiger partial charge in [0.05, 0.1) is 31.1 Å². The van der Waals surface area contributed by atoms with Crippen molar-refractivity contribution in [3.05, 3.63) is 34.1 Å². The monoisotopic (exact) mass is 329 g/mol. The topological polar surface area (TPSA) is 105 Å². The highest BCUT2D eigenvalue weighted by Crippen LogP contribution is 2.36. The number of carbonyl (C=O) groups is 1. The van der Waals surface area contributed by atoms with Gasteiger partial charge in [0.2, 0.25) is 0 Å². The molecule has 2 aromatic rings. The van der Waals surface area contributed by atoms with E-state index in [9.17, 15) is 4.79 Å². The molecule has 0 spiro atoms. The number of nitrogen functional groups attached to an aromatic ring is 1. The first-order valence-corrected chi connectivity index (χ1v) is 8.00. The van der Waals surface area contributed by atoms with Crippen LogP contribution in [0.1, 0.15) is 33.4 Å². The van der Waals surface area contributed by atoms with Crippen LogP contribution >= 0.6 is 11.3 Å². The Labute approximate surface area is 137 Å². The van der Waals surface area contributed by atoms with Crippen LogP contribution in [0.2, 0.25) is 0 Å². The molecule has 0 amide bonds. The van der Waals surface area contributed by atoms with Gasteiger partial charge in [-0.1, -0.05) is 0 Å². The van der Waals surface area contributed by atoms with Crippen molar-refractivity contribution in [2.45, 2.75) is 19.9 Å². The van der Waals surface area contributed by atoms with Gasteiger partial charge in [0.15, 0.2) is 5.69 Å². The molecule has 2 aromatic heterocycles. The normalized spacial score (nSPS) is 13.3. The summed E-state index contributed by atoms with van der Waals surface area (Å²) in [6.07, 6.45) is 3.74. The van der Waals surface area contributed by atoms with E-state index in [1.54, 1.807) is 13.1 Å². The lowest BCUT2D eigenvalue weighted by Gasteiger charge is -2.27. The van der Waals surface area contributed by atoms with Gasteiger partial charge in [0, 0.05) is 11.4 Å². The van der Waals surface area contributed by atoms with Crippen LogP contribution in [0.5, 0.6) is 0 Å². The average Bonchev–Trinajstić information content (AvgIpc) is 2.90. The molecule has 7 nitrogen and oxygen atoms in total. The van der Waals surface area contributed by atoms with E-state index in [-0.39, 0.29) is 11.7 Å². The van der Waals surface area contributed by atoms with Crippen LogP contribution in [-0.4, -0.2) is 29.1 Å². The van der Waals surface area contributed by atoms with Crippen molar-refractivity contribution >= 4 is 28.1 Å². The van der Waals surface area contributed by atoms with Crippen molar-refractivity contribution in [1.82, 2.24) is 9.97 Å². The van der Waals surface area contributed by atoms with E-state index >= 15 is 0 Å². The van der Waals surface area contributed by atoms with Crippen LogP contribution in [0.3, 0.4) is 0 Å². The highest BCUT2D eigenvalue weighted by atomic mass is 32.1. The zero-order chi connectivity index (χ0) is 16.4. The van der Waals surface area contributed by atoms with E-state index in [1.807, 2.05) is 6.07 Å². The summed E-state index contributed by atoms with van der Waals surface area (Å²) >= 11 is 1.41. The van der Waals surface area contributed by atoms with E-state index < -0.39 is 0 Å². The Morgan fingerprint density at radius 2 is 2.35 bits per heavy atom. The summed E-state index contributed by atoms with van der Waals surface area (Å²) in [4.78, 5) is 23.5. The Morgan fingerprint density at radius 3 is 3.00 bits per heavy atom. The molecule has 3 rings (SSSR count). The van der Waals surface area contributed by atoms with Crippen LogP contribution < -0.4 is 10.6 Å². The van der Waals surface area contributed by atoms with E-state index in [2.05, 4.69) is 14.9 Å². The predicted octanol–water partition coefficient (Wildman–Crippen LogP) is 1.73. The van der Waals surface area contributed by atoms with Gasteiger partial charge in [-0.2, -0.15) is 5.26 Å². The number of anilines is 2. The van der Waals surface area contributed by atoms with Crippen LogP contribution in [0.25, 0.3) is 0 Å². The number of hydrogen-bond acceptors (Lipinski definition) is 8. The van der Waals surface area contributed by atoms with Gasteiger partial charge in [-0.15, -0.1) is 11.3 Å². The van der Waals surface area contributed by atoms with Crippen molar-refractivity contribution < 1.29 is 9.53 Å². The molecule has 23 heavy (non-hydrogen) atoms. The molecule has 0 radical (unpaired) electrons. The fourth-order valence-electron chi connectivity index (χ4n) is 2.59. The van der Waals surface area contributed by atoms with E-state index in [4.69, 9.17) is 15.7 Å². The van der Waals surface area contributed by atoms with E-state index in [0.717, 1.165) is 10.4 Å². The molecule has 1 aliphatic heterocycles. The van der Waals surface area contributed by atoms with Crippen molar-refractivity contribution in [3.8, 4) is 6.07 Å². The summed E-state index contributed by atoms with van der Waals surface area (Å²) < 4.78 is 5.09. The van der Waals surface area contributed by atoms with Crippen LogP contribution in [0.4, 0.5) is 10.8 Å². The van der Waals surface area contributed by atoms with Crippen LogP contribution in [0, 0.1) is 11.3 Å².